The van der Waals surface area contributed by atoms with Crippen LogP contribution in [0.2, 0.25) is 0 Å². The summed E-state index contributed by atoms with van der Waals surface area (Å²) in [4.78, 5) is 4.58. The van der Waals surface area contributed by atoms with Crippen molar-refractivity contribution < 1.29 is 0 Å². The van der Waals surface area contributed by atoms with E-state index in [9.17, 15) is 0 Å². The van der Waals surface area contributed by atoms with Crippen LogP contribution in [-0.4, -0.2) is 9.55 Å². The number of hydrogen-bond donors (Lipinski definition) is 0. The van der Waals surface area contributed by atoms with E-state index in [2.05, 4.69) is 31.0 Å². The molecule has 0 aliphatic heterocycles. The minimum atomic E-state index is 0.477. The molecule has 2 aromatic heterocycles. The Morgan fingerprint density at radius 3 is 2.43 bits per heavy atom. The van der Waals surface area contributed by atoms with Crippen LogP contribution in [-0.2, 0) is 0 Å². The number of pyridine rings is 1. The van der Waals surface area contributed by atoms with E-state index in [1.165, 1.54) is 0 Å². The monoisotopic (exact) mass is 186 g/mol. The van der Waals surface area contributed by atoms with Crippen molar-refractivity contribution in [3.05, 3.63) is 48.4 Å². The summed E-state index contributed by atoms with van der Waals surface area (Å²) >= 11 is 0. The largest absolute Gasteiger partial charge is 0.309 e. The zero-order valence-corrected chi connectivity index (χ0v) is 8.51. The fraction of sp³-hybridized carbons (Fsp3) is 0.250. The molecular formula is C12H14N2. The van der Waals surface area contributed by atoms with Crippen LogP contribution in [0.3, 0.4) is 0 Å². The zero-order chi connectivity index (χ0) is 9.97. The fourth-order valence-corrected chi connectivity index (χ4v) is 1.39. The molecule has 0 aliphatic carbocycles. The van der Waals surface area contributed by atoms with Crippen molar-refractivity contribution in [3.63, 3.8) is 0 Å². The highest BCUT2D eigenvalue weighted by Crippen LogP contribution is 2.13. The van der Waals surface area contributed by atoms with E-state index in [0.717, 1.165) is 11.5 Å². The van der Waals surface area contributed by atoms with Crippen molar-refractivity contribution in [2.75, 3.05) is 0 Å². The van der Waals surface area contributed by atoms with Gasteiger partial charge in [0.2, 0.25) is 0 Å². The summed E-state index contributed by atoms with van der Waals surface area (Å²) in [5.74, 6) is 1.46. The molecule has 2 aromatic rings. The average Bonchev–Trinajstić information content (AvgIpc) is 2.71. The molecule has 0 unspecified atom stereocenters. The summed E-state index contributed by atoms with van der Waals surface area (Å²) in [6.07, 6.45) is 4.01. The lowest BCUT2D eigenvalue weighted by Crippen LogP contribution is -1.98. The van der Waals surface area contributed by atoms with Crippen molar-refractivity contribution in [1.29, 1.82) is 0 Å². The molecule has 72 valence electrons. The lowest BCUT2D eigenvalue weighted by Gasteiger charge is -2.07. The van der Waals surface area contributed by atoms with Crippen LogP contribution in [0.15, 0.2) is 42.7 Å². The smallest absolute Gasteiger partial charge is 0.136 e. The van der Waals surface area contributed by atoms with Crippen molar-refractivity contribution in [1.82, 2.24) is 9.55 Å². The van der Waals surface area contributed by atoms with Gasteiger partial charge in [0.15, 0.2) is 0 Å². The zero-order valence-electron chi connectivity index (χ0n) is 8.51. The normalized spacial score (nSPS) is 10.8. The Kier molecular flexibility index (Phi) is 2.35. The van der Waals surface area contributed by atoms with Gasteiger partial charge in [-0.2, -0.15) is 0 Å². The lowest BCUT2D eigenvalue weighted by molar-refractivity contribution is 0.810. The van der Waals surface area contributed by atoms with Crippen LogP contribution in [0.4, 0.5) is 0 Å². The average molecular weight is 186 g/mol. The molecule has 0 saturated heterocycles. The first kappa shape index (κ1) is 9.00. The van der Waals surface area contributed by atoms with E-state index in [4.69, 9.17) is 0 Å². The maximum absolute atomic E-state index is 4.58. The van der Waals surface area contributed by atoms with Crippen LogP contribution in [0.25, 0.3) is 5.82 Å². The number of rotatable bonds is 2. The number of hydrogen-bond acceptors (Lipinski definition) is 1. The second-order valence-electron chi connectivity index (χ2n) is 3.67. The first-order valence-corrected chi connectivity index (χ1v) is 4.87. The highest BCUT2D eigenvalue weighted by molar-refractivity contribution is 5.26. The Morgan fingerprint density at radius 2 is 1.79 bits per heavy atom. The van der Waals surface area contributed by atoms with E-state index in [1.54, 1.807) is 0 Å². The molecule has 0 N–H and O–H groups in total. The molecule has 0 saturated carbocycles. The maximum atomic E-state index is 4.58. The lowest BCUT2D eigenvalue weighted by atomic mass is 10.1. The molecule has 0 fully saturated rings. The van der Waals surface area contributed by atoms with Crippen LogP contribution >= 0.6 is 0 Å². The molecule has 2 heterocycles. The SMILES string of the molecule is CC(C)c1cccc(-n2cccc2)n1. The number of nitrogens with zero attached hydrogens (tertiary/aromatic N) is 2. The van der Waals surface area contributed by atoms with Crippen LogP contribution in [0.1, 0.15) is 25.5 Å². The van der Waals surface area contributed by atoms with E-state index in [0.29, 0.717) is 5.92 Å². The van der Waals surface area contributed by atoms with Gasteiger partial charge in [-0.1, -0.05) is 19.9 Å². The fourth-order valence-electron chi connectivity index (χ4n) is 1.39. The van der Waals surface area contributed by atoms with Gasteiger partial charge in [0, 0.05) is 18.1 Å². The standard InChI is InChI=1S/C12H14N2/c1-10(2)11-6-5-7-12(13-11)14-8-3-4-9-14/h3-10H,1-2H3. The quantitative estimate of drug-likeness (QED) is 0.705. The topological polar surface area (TPSA) is 17.8 Å². The number of aromatic nitrogens is 2. The summed E-state index contributed by atoms with van der Waals surface area (Å²) < 4.78 is 2.02. The Labute approximate surface area is 84.2 Å². The summed E-state index contributed by atoms with van der Waals surface area (Å²) in [5, 5.41) is 0. The van der Waals surface area contributed by atoms with Crippen molar-refractivity contribution >= 4 is 0 Å². The van der Waals surface area contributed by atoms with Gasteiger partial charge >= 0.3 is 0 Å². The molecule has 0 aromatic carbocycles. The summed E-state index contributed by atoms with van der Waals surface area (Å²) in [7, 11) is 0. The van der Waals surface area contributed by atoms with Crippen LogP contribution in [0, 0.1) is 0 Å². The van der Waals surface area contributed by atoms with Crippen LogP contribution < -0.4 is 0 Å². The third-order valence-corrected chi connectivity index (χ3v) is 2.22. The Bertz CT molecular complexity index is 402. The van der Waals surface area contributed by atoms with Crippen LogP contribution in [0.5, 0.6) is 0 Å². The maximum Gasteiger partial charge on any atom is 0.136 e. The van der Waals surface area contributed by atoms with Gasteiger partial charge in [0.05, 0.1) is 0 Å². The second kappa shape index (κ2) is 3.66. The molecule has 0 radical (unpaired) electrons. The summed E-state index contributed by atoms with van der Waals surface area (Å²) in [6, 6.07) is 10.1. The van der Waals surface area contributed by atoms with E-state index >= 15 is 0 Å². The first-order chi connectivity index (χ1) is 6.77. The Hall–Kier alpha value is -1.57. The Balaban J connectivity index is 2.41. The molecule has 0 amide bonds. The van der Waals surface area contributed by atoms with Crippen molar-refractivity contribution in [2.45, 2.75) is 19.8 Å². The second-order valence-corrected chi connectivity index (χ2v) is 3.67. The highest BCUT2D eigenvalue weighted by atomic mass is 15.0. The summed E-state index contributed by atoms with van der Waals surface area (Å²) in [5.41, 5.74) is 1.14. The molecule has 2 nitrogen and oxygen atoms in total. The Morgan fingerprint density at radius 1 is 1.07 bits per heavy atom. The summed E-state index contributed by atoms with van der Waals surface area (Å²) in [6.45, 7) is 4.31. The van der Waals surface area contributed by atoms with Gasteiger partial charge < -0.3 is 4.57 Å². The highest BCUT2D eigenvalue weighted by Gasteiger charge is 2.02. The molecule has 0 bridgehead atoms. The van der Waals surface area contributed by atoms with E-state index in [-0.39, 0.29) is 0 Å². The molecular weight excluding hydrogens is 172 g/mol. The molecule has 14 heavy (non-hydrogen) atoms. The molecule has 0 aliphatic rings. The van der Waals surface area contributed by atoms with E-state index in [1.807, 2.05) is 35.2 Å². The van der Waals surface area contributed by atoms with Gasteiger partial charge in [-0.05, 0) is 30.2 Å². The van der Waals surface area contributed by atoms with Gasteiger partial charge in [-0.15, -0.1) is 0 Å². The molecule has 2 heteroatoms. The van der Waals surface area contributed by atoms with Crippen molar-refractivity contribution in [2.24, 2.45) is 0 Å². The molecule has 0 atom stereocenters. The van der Waals surface area contributed by atoms with Gasteiger partial charge in [0.1, 0.15) is 5.82 Å². The molecule has 0 spiro atoms. The predicted octanol–water partition coefficient (Wildman–Crippen LogP) is 3.00. The van der Waals surface area contributed by atoms with Gasteiger partial charge in [-0.25, -0.2) is 4.98 Å². The van der Waals surface area contributed by atoms with E-state index < -0.39 is 0 Å². The van der Waals surface area contributed by atoms with Gasteiger partial charge in [-0.3, -0.25) is 0 Å². The predicted molar refractivity (Wildman–Crippen MR) is 57.7 cm³/mol. The van der Waals surface area contributed by atoms with Crippen molar-refractivity contribution in [3.8, 4) is 5.82 Å². The third kappa shape index (κ3) is 1.69. The minimum absolute atomic E-state index is 0.477. The molecule has 2 rings (SSSR count). The minimum Gasteiger partial charge on any atom is -0.309 e. The third-order valence-electron chi connectivity index (χ3n) is 2.22. The first-order valence-electron chi connectivity index (χ1n) is 4.87. The van der Waals surface area contributed by atoms with Gasteiger partial charge in [0.25, 0.3) is 0 Å².